The Morgan fingerprint density at radius 1 is 1.22 bits per heavy atom. The number of nitrogens with zero attached hydrogens (tertiary/aromatic N) is 1. The van der Waals surface area contributed by atoms with E-state index in [0.29, 0.717) is 45.3 Å². The Labute approximate surface area is 135 Å². The summed E-state index contributed by atoms with van der Waals surface area (Å²) in [5.74, 6) is -1.59. The molecule has 7 nitrogen and oxygen atoms in total. The lowest BCUT2D eigenvalue weighted by Gasteiger charge is -2.34. The zero-order chi connectivity index (χ0) is 16.9. The van der Waals surface area contributed by atoms with E-state index >= 15 is 0 Å². The van der Waals surface area contributed by atoms with Crippen LogP contribution in [-0.4, -0.2) is 67.6 Å². The highest BCUT2D eigenvalue weighted by atomic mass is 32.2. The van der Waals surface area contributed by atoms with E-state index in [4.69, 9.17) is 4.74 Å². The van der Waals surface area contributed by atoms with Crippen LogP contribution in [0.15, 0.2) is 0 Å². The molecule has 3 rings (SSSR count). The summed E-state index contributed by atoms with van der Waals surface area (Å²) in [4.78, 5) is 26.3. The summed E-state index contributed by atoms with van der Waals surface area (Å²) in [5, 5.41) is 9.68. The van der Waals surface area contributed by atoms with Gasteiger partial charge in [0, 0.05) is 31.9 Å². The summed E-state index contributed by atoms with van der Waals surface area (Å²) >= 11 is 0. The maximum absolute atomic E-state index is 13.0. The second-order valence-electron chi connectivity index (χ2n) is 7.14. The third-order valence-corrected chi connectivity index (χ3v) is 7.93. The van der Waals surface area contributed by atoms with Gasteiger partial charge < -0.3 is 14.7 Å². The normalized spacial score (nSPS) is 33.4. The number of rotatable bonds is 3. The summed E-state index contributed by atoms with van der Waals surface area (Å²) < 4.78 is 28.6. The van der Waals surface area contributed by atoms with Crippen molar-refractivity contribution >= 4 is 21.7 Å². The number of carboxylic acids is 1. The summed E-state index contributed by atoms with van der Waals surface area (Å²) in [6.07, 6.45) is 3.58. The predicted octanol–water partition coefficient (Wildman–Crippen LogP) is 0.294. The Kier molecular flexibility index (Phi) is 3.95. The largest absolute Gasteiger partial charge is 0.481 e. The molecule has 0 aromatic heterocycles. The number of amides is 1. The van der Waals surface area contributed by atoms with E-state index in [2.05, 4.69) is 0 Å². The van der Waals surface area contributed by atoms with Crippen LogP contribution in [0.4, 0.5) is 0 Å². The number of carboxylic acid groups (broad SMARTS) is 1. The molecule has 0 bridgehead atoms. The molecule has 0 spiro atoms. The molecule has 8 heteroatoms. The number of ether oxygens (including phenoxy) is 1. The summed E-state index contributed by atoms with van der Waals surface area (Å²) in [5.41, 5.74) is -0.995. The smallest absolute Gasteiger partial charge is 0.311 e. The van der Waals surface area contributed by atoms with Crippen LogP contribution in [0.5, 0.6) is 0 Å². The molecule has 1 amide bonds. The Morgan fingerprint density at radius 3 is 2.39 bits per heavy atom. The highest BCUT2D eigenvalue weighted by molar-refractivity contribution is 7.92. The first-order chi connectivity index (χ1) is 10.7. The number of carbonyl (C=O) groups excluding carboxylic acids is 1. The Hall–Kier alpha value is -1.15. The number of hydrogen-bond donors (Lipinski definition) is 1. The number of fused-ring (bicyclic) bond motifs is 1. The molecule has 0 unspecified atom stereocenters. The van der Waals surface area contributed by atoms with Gasteiger partial charge in [0.25, 0.3) is 0 Å². The van der Waals surface area contributed by atoms with E-state index in [1.807, 2.05) is 0 Å². The van der Waals surface area contributed by atoms with E-state index < -0.39 is 31.9 Å². The lowest BCUT2D eigenvalue weighted by Crippen LogP contribution is -2.52. The third kappa shape index (κ3) is 2.38. The molecule has 2 atom stereocenters. The number of likely N-dealkylation sites (tertiary alicyclic amines) is 1. The highest BCUT2D eigenvalue weighted by Gasteiger charge is 2.59. The fraction of sp³-hybridized carbons (Fsp3) is 0.867. The third-order valence-electron chi connectivity index (χ3n) is 5.93. The van der Waals surface area contributed by atoms with Gasteiger partial charge in [-0.05, 0) is 19.3 Å². The number of sulfone groups is 1. The van der Waals surface area contributed by atoms with Gasteiger partial charge in [0.2, 0.25) is 5.91 Å². The lowest BCUT2D eigenvalue weighted by atomic mass is 9.74. The molecule has 2 heterocycles. The lowest BCUT2D eigenvalue weighted by molar-refractivity contribution is -0.157. The molecule has 3 aliphatic rings. The van der Waals surface area contributed by atoms with Gasteiger partial charge in [0.05, 0.1) is 12.0 Å². The summed E-state index contributed by atoms with van der Waals surface area (Å²) in [6, 6.07) is 0. The minimum Gasteiger partial charge on any atom is -0.481 e. The van der Waals surface area contributed by atoms with E-state index in [-0.39, 0.29) is 19.0 Å². The molecule has 2 aliphatic heterocycles. The quantitative estimate of drug-likeness (QED) is 0.789. The van der Waals surface area contributed by atoms with Gasteiger partial charge >= 0.3 is 5.97 Å². The van der Waals surface area contributed by atoms with Gasteiger partial charge in [-0.2, -0.15) is 0 Å². The average Bonchev–Trinajstić information content (AvgIpc) is 3.11. The van der Waals surface area contributed by atoms with Gasteiger partial charge in [-0.1, -0.05) is 12.8 Å². The predicted molar refractivity (Wildman–Crippen MR) is 81.6 cm³/mol. The van der Waals surface area contributed by atoms with Gasteiger partial charge in [0.1, 0.15) is 0 Å². The van der Waals surface area contributed by atoms with Crippen LogP contribution in [0, 0.1) is 11.3 Å². The average molecular weight is 345 g/mol. The zero-order valence-electron chi connectivity index (χ0n) is 13.3. The first kappa shape index (κ1) is 16.7. The van der Waals surface area contributed by atoms with Crippen molar-refractivity contribution in [1.29, 1.82) is 0 Å². The number of hydrogen-bond acceptors (Lipinski definition) is 5. The van der Waals surface area contributed by atoms with Crippen molar-refractivity contribution in [3.8, 4) is 0 Å². The molecular weight excluding hydrogens is 322 g/mol. The number of aliphatic carboxylic acids is 1. The zero-order valence-corrected chi connectivity index (χ0v) is 14.1. The SMILES string of the molecule is CS(=O)(=O)C1(C(=O)N2C[C@H]3COCC[C@@]3(C(=O)O)C2)CCCC1. The fourth-order valence-corrected chi connectivity index (χ4v) is 5.91. The van der Waals surface area contributed by atoms with Crippen LogP contribution < -0.4 is 0 Å². The maximum atomic E-state index is 13.0. The van der Waals surface area contributed by atoms with Crippen molar-refractivity contribution in [3.05, 3.63) is 0 Å². The molecule has 0 aromatic carbocycles. The van der Waals surface area contributed by atoms with E-state index in [1.165, 1.54) is 4.90 Å². The van der Waals surface area contributed by atoms with Crippen molar-refractivity contribution < 1.29 is 27.9 Å². The molecular formula is C15H23NO6S. The molecule has 2 saturated heterocycles. The van der Waals surface area contributed by atoms with E-state index in [9.17, 15) is 23.1 Å². The molecule has 3 fully saturated rings. The van der Waals surface area contributed by atoms with Crippen LogP contribution in [0.2, 0.25) is 0 Å². The Balaban J connectivity index is 1.91. The summed E-state index contributed by atoms with van der Waals surface area (Å²) in [7, 11) is -3.54. The van der Waals surface area contributed by atoms with Gasteiger partial charge in [-0.25, -0.2) is 8.42 Å². The highest BCUT2D eigenvalue weighted by Crippen LogP contribution is 2.45. The van der Waals surface area contributed by atoms with Crippen LogP contribution in [0.25, 0.3) is 0 Å². The van der Waals surface area contributed by atoms with E-state index in [0.717, 1.165) is 6.26 Å². The van der Waals surface area contributed by atoms with Crippen LogP contribution in [-0.2, 0) is 24.2 Å². The molecule has 0 aromatic rings. The summed E-state index contributed by atoms with van der Waals surface area (Å²) in [6.45, 7) is 1.03. The molecule has 1 saturated carbocycles. The van der Waals surface area contributed by atoms with Crippen molar-refractivity contribution in [1.82, 2.24) is 4.90 Å². The molecule has 23 heavy (non-hydrogen) atoms. The maximum Gasteiger partial charge on any atom is 0.311 e. The standard InChI is InChI=1S/C15H23NO6S/c1-23(20,21)15(4-2-3-5-15)12(17)16-8-11-9-22-7-6-14(11,10-16)13(18)19/h11H,2-10H2,1H3,(H,18,19)/t11-,14+/m0/s1. The second-order valence-corrected chi connectivity index (χ2v) is 9.47. The topological polar surface area (TPSA) is 101 Å². The molecule has 1 N–H and O–H groups in total. The van der Waals surface area contributed by atoms with Crippen molar-refractivity contribution in [2.24, 2.45) is 11.3 Å². The van der Waals surface area contributed by atoms with Crippen molar-refractivity contribution in [2.45, 2.75) is 36.9 Å². The molecule has 1 aliphatic carbocycles. The van der Waals surface area contributed by atoms with Crippen LogP contribution in [0.3, 0.4) is 0 Å². The van der Waals surface area contributed by atoms with Crippen molar-refractivity contribution in [2.75, 3.05) is 32.6 Å². The van der Waals surface area contributed by atoms with Gasteiger partial charge in [-0.3, -0.25) is 9.59 Å². The first-order valence-corrected chi connectivity index (χ1v) is 9.92. The van der Waals surface area contributed by atoms with Gasteiger partial charge in [-0.15, -0.1) is 0 Å². The van der Waals surface area contributed by atoms with Gasteiger partial charge in [0.15, 0.2) is 14.6 Å². The van der Waals surface area contributed by atoms with Crippen LogP contribution >= 0.6 is 0 Å². The number of carbonyl (C=O) groups is 2. The van der Waals surface area contributed by atoms with Crippen molar-refractivity contribution in [3.63, 3.8) is 0 Å². The Morgan fingerprint density at radius 2 is 1.87 bits per heavy atom. The minimum absolute atomic E-state index is 0.0897. The fourth-order valence-electron chi connectivity index (χ4n) is 4.43. The van der Waals surface area contributed by atoms with E-state index in [1.54, 1.807) is 0 Å². The first-order valence-electron chi connectivity index (χ1n) is 8.03. The molecule has 130 valence electrons. The molecule has 0 radical (unpaired) electrons. The second kappa shape index (κ2) is 5.44. The minimum atomic E-state index is -3.54. The van der Waals surface area contributed by atoms with Crippen LogP contribution in [0.1, 0.15) is 32.1 Å². The monoisotopic (exact) mass is 345 g/mol. The Bertz CT molecular complexity index is 624.